The molecule has 1 aromatic heterocycles. The van der Waals surface area contributed by atoms with Crippen LogP contribution in [0.3, 0.4) is 0 Å². The molecule has 0 saturated carbocycles. The average molecular weight is 610 g/mol. The summed E-state index contributed by atoms with van der Waals surface area (Å²) in [5.41, 5.74) is 14.8. The molecule has 0 bridgehead atoms. The Bertz CT molecular complexity index is 2500. The molecule has 3 heteroatoms. The van der Waals surface area contributed by atoms with Crippen LogP contribution >= 0.6 is 0 Å². The molecule has 0 fully saturated rings. The van der Waals surface area contributed by atoms with Crippen LogP contribution in [0.25, 0.3) is 89.2 Å². The van der Waals surface area contributed by atoms with E-state index in [1.807, 2.05) is 48.5 Å². The van der Waals surface area contributed by atoms with Crippen LogP contribution in [0.2, 0.25) is 0 Å². The van der Waals surface area contributed by atoms with Crippen molar-refractivity contribution >= 4 is 10.8 Å². The quantitative estimate of drug-likeness (QED) is 0.195. The van der Waals surface area contributed by atoms with Gasteiger partial charge in [0.2, 0.25) is 0 Å². The Morgan fingerprint density at radius 1 is 0.354 bits per heavy atom. The van der Waals surface area contributed by atoms with E-state index in [0.29, 0.717) is 11.4 Å². The first-order valence-corrected chi connectivity index (χ1v) is 16.1. The monoisotopic (exact) mass is 609 g/mol. The minimum Gasteiger partial charge on any atom is -0.228 e. The van der Waals surface area contributed by atoms with Gasteiger partial charge >= 0.3 is 0 Å². The molecule has 0 atom stereocenters. The second-order valence-corrected chi connectivity index (χ2v) is 12.1. The van der Waals surface area contributed by atoms with Gasteiger partial charge in [-0.1, -0.05) is 146 Å². The largest absolute Gasteiger partial charge is 0.228 e. The topological polar surface area (TPSA) is 49.6 Å². The van der Waals surface area contributed by atoms with E-state index in [-0.39, 0.29) is 0 Å². The number of hydrogen-bond acceptors (Lipinski definition) is 3. The van der Waals surface area contributed by atoms with Crippen molar-refractivity contribution in [3.63, 3.8) is 0 Å². The lowest BCUT2D eigenvalue weighted by molar-refractivity contribution is 1.18. The first kappa shape index (κ1) is 27.7. The maximum absolute atomic E-state index is 9.49. The molecule has 1 aliphatic rings. The second kappa shape index (κ2) is 11.3. The van der Waals surface area contributed by atoms with Crippen LogP contribution in [0.15, 0.2) is 164 Å². The third-order valence-electron chi connectivity index (χ3n) is 9.31. The highest BCUT2D eigenvalue weighted by Gasteiger charge is 2.25. The Balaban J connectivity index is 1.30. The smallest absolute Gasteiger partial charge is 0.160 e. The predicted octanol–water partition coefficient (Wildman–Crippen LogP) is 11.5. The number of benzene rings is 7. The van der Waals surface area contributed by atoms with E-state index < -0.39 is 0 Å². The van der Waals surface area contributed by atoms with Gasteiger partial charge in [0.15, 0.2) is 5.82 Å². The first-order chi connectivity index (χ1) is 23.7. The third-order valence-corrected chi connectivity index (χ3v) is 9.31. The molecule has 0 spiro atoms. The fourth-order valence-corrected chi connectivity index (χ4v) is 6.99. The van der Waals surface area contributed by atoms with Crippen molar-refractivity contribution in [1.29, 1.82) is 5.26 Å². The Kier molecular flexibility index (Phi) is 6.52. The molecule has 0 radical (unpaired) electrons. The van der Waals surface area contributed by atoms with Gasteiger partial charge in [0.1, 0.15) is 0 Å². The van der Waals surface area contributed by atoms with E-state index in [9.17, 15) is 5.26 Å². The Morgan fingerprint density at radius 3 is 1.48 bits per heavy atom. The zero-order valence-electron chi connectivity index (χ0n) is 25.9. The highest BCUT2D eigenvalue weighted by Crippen LogP contribution is 2.51. The zero-order valence-corrected chi connectivity index (χ0v) is 25.9. The lowest BCUT2D eigenvalue weighted by Gasteiger charge is -2.16. The molecule has 1 aliphatic carbocycles. The van der Waals surface area contributed by atoms with Crippen molar-refractivity contribution in [2.75, 3.05) is 0 Å². The van der Waals surface area contributed by atoms with Gasteiger partial charge in [0.25, 0.3) is 0 Å². The van der Waals surface area contributed by atoms with E-state index in [4.69, 9.17) is 9.97 Å². The number of rotatable bonds is 5. The van der Waals surface area contributed by atoms with Gasteiger partial charge < -0.3 is 0 Å². The molecule has 222 valence electrons. The fourth-order valence-electron chi connectivity index (χ4n) is 6.99. The predicted molar refractivity (Wildman–Crippen MR) is 196 cm³/mol. The van der Waals surface area contributed by atoms with E-state index in [1.54, 1.807) is 0 Å². The minimum absolute atomic E-state index is 0.642. The summed E-state index contributed by atoms with van der Waals surface area (Å²) >= 11 is 0. The van der Waals surface area contributed by atoms with E-state index in [2.05, 4.69) is 121 Å². The summed E-state index contributed by atoms with van der Waals surface area (Å²) in [6.45, 7) is 0. The Morgan fingerprint density at radius 2 is 0.833 bits per heavy atom. The lowest BCUT2D eigenvalue weighted by atomic mass is 9.89. The summed E-state index contributed by atoms with van der Waals surface area (Å²) in [5.74, 6) is 0.678. The van der Waals surface area contributed by atoms with Gasteiger partial charge in [-0.25, -0.2) is 9.97 Å². The van der Waals surface area contributed by atoms with Crippen LogP contribution in [0.5, 0.6) is 0 Å². The van der Waals surface area contributed by atoms with Crippen molar-refractivity contribution in [3.05, 3.63) is 169 Å². The molecule has 3 nitrogen and oxygen atoms in total. The molecule has 8 aromatic rings. The molecule has 48 heavy (non-hydrogen) atoms. The average Bonchev–Trinajstić information content (AvgIpc) is 3.50. The standard InChI is InChI=1S/C45H27N3/c46-28-29-15-17-32(18-16-29)35-23-24-38-36-13-7-8-14-37(36)39-25-26-40(43(35)44(38)39)42-27-41(33-11-5-2-6-12-33)47-45(48-42)34-21-19-31(20-22-34)30-9-3-1-4-10-30/h1-27H. The van der Waals surface area contributed by atoms with E-state index in [0.717, 1.165) is 50.2 Å². The van der Waals surface area contributed by atoms with Crippen LogP contribution in [0, 0.1) is 11.3 Å². The molecule has 0 amide bonds. The number of fused-ring (bicyclic) bond motifs is 3. The van der Waals surface area contributed by atoms with Gasteiger partial charge in [-0.2, -0.15) is 5.26 Å². The van der Waals surface area contributed by atoms with Crippen LogP contribution in [-0.2, 0) is 0 Å². The number of hydrogen-bond donors (Lipinski definition) is 0. The van der Waals surface area contributed by atoms with Crippen LogP contribution in [0.4, 0.5) is 0 Å². The van der Waals surface area contributed by atoms with Gasteiger partial charge in [0.05, 0.1) is 23.0 Å². The van der Waals surface area contributed by atoms with Gasteiger partial charge in [-0.15, -0.1) is 0 Å². The van der Waals surface area contributed by atoms with Gasteiger partial charge in [-0.3, -0.25) is 0 Å². The molecule has 9 rings (SSSR count). The summed E-state index contributed by atoms with van der Waals surface area (Å²) in [6, 6.07) is 59.0. The molecule has 1 heterocycles. The highest BCUT2D eigenvalue weighted by atomic mass is 14.9. The van der Waals surface area contributed by atoms with Crippen molar-refractivity contribution in [1.82, 2.24) is 9.97 Å². The van der Waals surface area contributed by atoms with Gasteiger partial charge in [0, 0.05) is 22.1 Å². The summed E-state index contributed by atoms with van der Waals surface area (Å²) < 4.78 is 0. The molecule has 7 aromatic carbocycles. The van der Waals surface area contributed by atoms with Crippen LogP contribution < -0.4 is 0 Å². The van der Waals surface area contributed by atoms with Crippen molar-refractivity contribution in [3.8, 4) is 84.5 Å². The molecule has 0 N–H and O–H groups in total. The normalized spacial score (nSPS) is 11.3. The molecule has 0 saturated heterocycles. The third kappa shape index (κ3) is 4.59. The Labute approximate surface area is 279 Å². The maximum Gasteiger partial charge on any atom is 0.160 e. The summed E-state index contributed by atoms with van der Waals surface area (Å²) in [7, 11) is 0. The van der Waals surface area contributed by atoms with E-state index in [1.165, 1.54) is 33.2 Å². The first-order valence-electron chi connectivity index (χ1n) is 16.1. The van der Waals surface area contributed by atoms with Crippen molar-refractivity contribution in [2.45, 2.75) is 0 Å². The number of nitrogens with zero attached hydrogens (tertiary/aromatic N) is 3. The number of nitriles is 1. The SMILES string of the molecule is N#Cc1ccc(-c2ccc3c4c(ccc(-c5cc(-c6ccccc6)nc(-c6ccc(-c7ccccc7)cc6)n5)c24)-c2ccccc2-3)cc1. The van der Waals surface area contributed by atoms with Crippen molar-refractivity contribution in [2.24, 2.45) is 0 Å². The maximum atomic E-state index is 9.49. The van der Waals surface area contributed by atoms with E-state index >= 15 is 0 Å². The van der Waals surface area contributed by atoms with Gasteiger partial charge in [-0.05, 0) is 68.1 Å². The highest BCUT2D eigenvalue weighted by molar-refractivity contribution is 6.22. The number of aromatic nitrogens is 2. The van der Waals surface area contributed by atoms with Crippen LogP contribution in [0.1, 0.15) is 5.56 Å². The molecular weight excluding hydrogens is 583 g/mol. The molecular formula is C45H27N3. The summed E-state index contributed by atoms with van der Waals surface area (Å²) in [4.78, 5) is 10.4. The Hall–Kier alpha value is -6.63. The minimum atomic E-state index is 0.642. The second-order valence-electron chi connectivity index (χ2n) is 12.1. The molecule has 0 aliphatic heterocycles. The zero-order chi connectivity index (χ0) is 32.0. The molecule has 0 unspecified atom stereocenters. The summed E-state index contributed by atoms with van der Waals surface area (Å²) in [6.07, 6.45) is 0. The summed E-state index contributed by atoms with van der Waals surface area (Å²) in [5, 5.41) is 11.9. The lowest BCUT2D eigenvalue weighted by Crippen LogP contribution is -1.97. The fraction of sp³-hybridized carbons (Fsp3) is 0. The van der Waals surface area contributed by atoms with Crippen molar-refractivity contribution < 1.29 is 0 Å². The van der Waals surface area contributed by atoms with Crippen LogP contribution in [-0.4, -0.2) is 9.97 Å².